The lowest BCUT2D eigenvalue weighted by molar-refractivity contribution is -0.386. The van der Waals surface area contributed by atoms with Crippen LogP contribution in [-0.2, 0) is 14.9 Å². The van der Waals surface area contributed by atoms with Crippen LogP contribution in [0.15, 0.2) is 47.1 Å². The Morgan fingerprint density at radius 1 is 1.37 bits per heavy atom. The summed E-state index contributed by atoms with van der Waals surface area (Å²) in [5, 5.41) is 12.7. The molecule has 4 rings (SSSR count). The fourth-order valence-electron chi connectivity index (χ4n) is 4.26. The first-order chi connectivity index (χ1) is 14.3. The van der Waals surface area contributed by atoms with Crippen molar-refractivity contribution < 1.29 is 18.8 Å². The maximum atomic E-state index is 14.1. The highest BCUT2D eigenvalue weighted by Gasteiger charge is 2.56. The maximum absolute atomic E-state index is 14.1. The zero-order valence-corrected chi connectivity index (χ0v) is 18.0. The lowest BCUT2D eigenvalue weighted by atomic mass is 9.56. The van der Waals surface area contributed by atoms with Crippen LogP contribution in [-0.4, -0.2) is 23.0 Å². The molecule has 0 aliphatic heterocycles. The number of benzene rings is 2. The highest BCUT2D eigenvalue weighted by molar-refractivity contribution is 9.10. The second-order valence-electron chi connectivity index (χ2n) is 7.29. The number of carbonyl (C=O) groups is 1. The molecule has 30 heavy (non-hydrogen) atoms. The van der Waals surface area contributed by atoms with Crippen LogP contribution in [0.3, 0.4) is 0 Å². The van der Waals surface area contributed by atoms with Crippen molar-refractivity contribution in [1.82, 2.24) is 4.98 Å². The number of rotatable bonds is 4. The quantitative estimate of drug-likeness (QED) is 0.265. The van der Waals surface area contributed by atoms with E-state index in [-0.39, 0.29) is 27.2 Å². The molecule has 0 atom stereocenters. The van der Waals surface area contributed by atoms with Crippen molar-refractivity contribution >= 4 is 50.1 Å². The number of hydrogen-bond donors (Lipinski definition) is 0. The highest BCUT2D eigenvalue weighted by Crippen LogP contribution is 2.57. The third kappa shape index (κ3) is 3.24. The molecule has 0 bridgehead atoms. The molecule has 1 saturated carbocycles. The van der Waals surface area contributed by atoms with Crippen LogP contribution in [0.4, 0.5) is 10.1 Å². The van der Waals surface area contributed by atoms with Crippen molar-refractivity contribution in [2.45, 2.75) is 24.2 Å². The number of nitrogens with zero attached hydrogens (tertiary/aromatic N) is 2. The van der Waals surface area contributed by atoms with Gasteiger partial charge < -0.3 is 4.74 Å². The Hall–Kier alpha value is -2.58. The maximum Gasteiger partial charge on any atom is 0.316 e. The largest absolute Gasteiger partial charge is 0.468 e. The van der Waals surface area contributed by atoms with Crippen LogP contribution in [0.5, 0.6) is 0 Å². The van der Waals surface area contributed by atoms with E-state index in [1.54, 1.807) is 6.07 Å². The topological polar surface area (TPSA) is 82.3 Å². The Labute approximate surface area is 184 Å². The summed E-state index contributed by atoms with van der Waals surface area (Å²) in [4.78, 5) is 28.2. The molecule has 1 aliphatic carbocycles. The average Bonchev–Trinajstić information content (AvgIpc) is 2.68. The van der Waals surface area contributed by atoms with E-state index >= 15 is 0 Å². The molecule has 9 heteroatoms. The van der Waals surface area contributed by atoms with Crippen LogP contribution in [0.2, 0.25) is 5.02 Å². The van der Waals surface area contributed by atoms with Crippen molar-refractivity contribution in [3.63, 3.8) is 0 Å². The summed E-state index contributed by atoms with van der Waals surface area (Å²) in [5.41, 5.74) is -0.178. The molecule has 1 aromatic heterocycles. The molecule has 1 aliphatic rings. The zero-order valence-electron chi connectivity index (χ0n) is 15.7. The summed E-state index contributed by atoms with van der Waals surface area (Å²) in [6.45, 7) is 0. The van der Waals surface area contributed by atoms with Gasteiger partial charge in [0.1, 0.15) is 17.4 Å². The van der Waals surface area contributed by atoms with E-state index < -0.39 is 22.1 Å². The summed E-state index contributed by atoms with van der Waals surface area (Å²) in [5.74, 6) is -1.15. The number of nitro groups is 1. The molecule has 0 radical (unpaired) electrons. The molecule has 3 aromatic rings. The van der Waals surface area contributed by atoms with Crippen LogP contribution < -0.4 is 0 Å². The molecule has 6 nitrogen and oxygen atoms in total. The summed E-state index contributed by atoms with van der Waals surface area (Å²) in [6, 6.07) is 9.91. The van der Waals surface area contributed by atoms with E-state index in [2.05, 4.69) is 20.9 Å². The molecular weight excluding hydrogens is 479 g/mol. The molecular formula is C21H15BrClFN2O4. The minimum Gasteiger partial charge on any atom is -0.468 e. The first-order valence-corrected chi connectivity index (χ1v) is 10.2. The third-order valence-electron chi connectivity index (χ3n) is 5.65. The van der Waals surface area contributed by atoms with E-state index in [1.165, 1.54) is 19.2 Å². The normalized spacial score (nSPS) is 20.6. The van der Waals surface area contributed by atoms with E-state index in [4.69, 9.17) is 16.3 Å². The minimum absolute atomic E-state index is 0.0329. The number of fused-ring (bicyclic) bond motifs is 1. The van der Waals surface area contributed by atoms with Crippen molar-refractivity contribution in [3.8, 4) is 0 Å². The lowest BCUT2D eigenvalue weighted by Gasteiger charge is -2.45. The van der Waals surface area contributed by atoms with Gasteiger partial charge in [-0.3, -0.25) is 14.9 Å². The van der Waals surface area contributed by atoms with Crippen molar-refractivity contribution in [1.29, 1.82) is 0 Å². The van der Waals surface area contributed by atoms with Gasteiger partial charge in [-0.15, -0.1) is 0 Å². The first kappa shape index (κ1) is 20.7. The predicted molar refractivity (Wildman–Crippen MR) is 113 cm³/mol. The molecule has 0 spiro atoms. The van der Waals surface area contributed by atoms with Gasteiger partial charge in [0.2, 0.25) is 0 Å². The van der Waals surface area contributed by atoms with Gasteiger partial charge in [0.05, 0.1) is 27.6 Å². The van der Waals surface area contributed by atoms with Crippen LogP contribution >= 0.6 is 27.5 Å². The van der Waals surface area contributed by atoms with Crippen LogP contribution in [0.1, 0.15) is 29.9 Å². The summed E-state index contributed by atoms with van der Waals surface area (Å²) >= 11 is 9.22. The molecule has 0 N–H and O–H groups in total. The molecule has 0 amide bonds. The molecule has 1 fully saturated rings. The van der Waals surface area contributed by atoms with Crippen molar-refractivity contribution in [2.24, 2.45) is 0 Å². The summed E-state index contributed by atoms with van der Waals surface area (Å²) in [7, 11) is 1.25. The summed E-state index contributed by atoms with van der Waals surface area (Å²) < 4.78 is 19.2. The standard InChI is InChI=1S/C21H15BrClFN2O4/c1-30-20(27)21(8-12(9-21)11-3-2-4-13(23)5-11)19-14-6-15(22)16(24)7-17(14)25-10-18(19)26(28)29/h2-7,10,12H,8-9H2,1H3. The Morgan fingerprint density at radius 2 is 2.10 bits per heavy atom. The van der Waals surface area contributed by atoms with E-state index in [9.17, 15) is 19.3 Å². The average molecular weight is 494 g/mol. The molecule has 0 saturated heterocycles. The minimum atomic E-state index is -1.25. The molecule has 2 aromatic carbocycles. The number of carbonyl (C=O) groups excluding carboxylic acids is 1. The zero-order chi connectivity index (χ0) is 21.6. The number of hydrogen-bond acceptors (Lipinski definition) is 5. The fraction of sp³-hybridized carbons (Fsp3) is 0.238. The molecule has 1 heterocycles. The Bertz CT molecular complexity index is 1200. The van der Waals surface area contributed by atoms with E-state index in [0.29, 0.717) is 23.3 Å². The number of methoxy groups -OCH3 is 1. The predicted octanol–water partition coefficient (Wildman–Crippen LogP) is 5.69. The van der Waals surface area contributed by atoms with Gasteiger partial charge in [-0.25, -0.2) is 9.37 Å². The van der Waals surface area contributed by atoms with Gasteiger partial charge in [-0.2, -0.15) is 0 Å². The smallest absolute Gasteiger partial charge is 0.316 e. The molecule has 154 valence electrons. The SMILES string of the molecule is COC(=O)C1(c2c([N+](=O)[O-])cnc3cc(F)c(Br)cc23)CC(c2cccc(Cl)c2)C1. The fourth-order valence-corrected chi connectivity index (χ4v) is 4.81. The van der Waals surface area contributed by atoms with Gasteiger partial charge in [0, 0.05) is 16.5 Å². The summed E-state index contributed by atoms with van der Waals surface area (Å²) in [6.07, 6.45) is 1.67. The third-order valence-corrected chi connectivity index (χ3v) is 6.49. The second kappa shape index (κ2) is 7.59. The number of ether oxygens (including phenoxy) is 1. The second-order valence-corrected chi connectivity index (χ2v) is 8.58. The van der Waals surface area contributed by atoms with Crippen LogP contribution in [0.25, 0.3) is 10.9 Å². The lowest BCUT2D eigenvalue weighted by Crippen LogP contribution is -2.48. The Kier molecular flexibility index (Phi) is 5.23. The van der Waals surface area contributed by atoms with Gasteiger partial charge in [0.15, 0.2) is 0 Å². The van der Waals surface area contributed by atoms with Gasteiger partial charge in [-0.05, 0) is 58.5 Å². The van der Waals surface area contributed by atoms with Gasteiger partial charge in [0.25, 0.3) is 5.69 Å². The van der Waals surface area contributed by atoms with Crippen molar-refractivity contribution in [2.75, 3.05) is 7.11 Å². The van der Waals surface area contributed by atoms with Crippen molar-refractivity contribution in [3.05, 3.63) is 79.1 Å². The van der Waals surface area contributed by atoms with E-state index in [1.807, 2.05) is 18.2 Å². The number of halogens is 3. The first-order valence-electron chi connectivity index (χ1n) is 9.03. The number of aromatic nitrogens is 1. The van der Waals surface area contributed by atoms with Gasteiger partial charge in [-0.1, -0.05) is 23.7 Å². The number of pyridine rings is 1. The van der Waals surface area contributed by atoms with Gasteiger partial charge >= 0.3 is 5.97 Å². The molecule has 0 unspecified atom stereocenters. The highest BCUT2D eigenvalue weighted by atomic mass is 79.9. The Balaban J connectivity index is 1.92. The van der Waals surface area contributed by atoms with Crippen LogP contribution in [0, 0.1) is 15.9 Å². The Morgan fingerprint density at radius 3 is 2.73 bits per heavy atom. The monoisotopic (exact) mass is 492 g/mol. The number of esters is 1. The van der Waals surface area contributed by atoms with E-state index in [0.717, 1.165) is 11.8 Å².